The Labute approximate surface area is 51.1 Å². The van der Waals surface area contributed by atoms with Crippen LogP contribution in [0.4, 0.5) is 0 Å². The second kappa shape index (κ2) is 4.60. The first kappa shape index (κ1) is 7.44. The Kier molecular flexibility index (Phi) is 4.27. The van der Waals surface area contributed by atoms with Gasteiger partial charge in [-0.1, -0.05) is 12.2 Å². The predicted molar refractivity (Wildman–Crippen MR) is 37.9 cm³/mol. The third-order valence-corrected chi connectivity index (χ3v) is 1.08. The number of nitrogens with one attached hydrogen (secondary N) is 1. The van der Waals surface area contributed by atoms with E-state index in [1.54, 1.807) is 0 Å². The third-order valence-electron chi connectivity index (χ3n) is 1.08. The second-order valence-corrected chi connectivity index (χ2v) is 1.66. The Morgan fingerprint density at radius 1 is 1.62 bits per heavy atom. The summed E-state index contributed by atoms with van der Waals surface area (Å²) in [5.74, 6) is 0. The molecule has 0 saturated heterocycles. The molecular weight excluding hydrogens is 98.1 g/mol. The molecule has 0 fully saturated rings. The highest BCUT2D eigenvalue weighted by molar-refractivity contribution is 4.89. The largest absolute Gasteiger partial charge is 0.313 e. The lowest BCUT2D eigenvalue weighted by molar-refractivity contribution is 0.679. The number of rotatable bonds is 4. The summed E-state index contributed by atoms with van der Waals surface area (Å²) >= 11 is 0. The summed E-state index contributed by atoms with van der Waals surface area (Å²) in [4.78, 5) is 0. The van der Waals surface area contributed by atoms with Crippen LogP contribution in [0.25, 0.3) is 0 Å². The van der Waals surface area contributed by atoms with E-state index in [1.165, 1.54) is 0 Å². The van der Waals surface area contributed by atoms with Gasteiger partial charge in [-0.2, -0.15) is 0 Å². The fraction of sp³-hybridized carbons (Fsp3) is 0.429. The highest BCUT2D eigenvalue weighted by atomic mass is 14.8. The fourth-order valence-corrected chi connectivity index (χ4v) is 0.511. The molecule has 0 saturated carbocycles. The van der Waals surface area contributed by atoms with Crippen molar-refractivity contribution in [1.82, 2.24) is 5.32 Å². The van der Waals surface area contributed by atoms with Crippen LogP contribution < -0.4 is 5.32 Å². The molecule has 0 radical (unpaired) electrons. The summed E-state index contributed by atoms with van der Waals surface area (Å²) in [5.41, 5.74) is 0. The Hall–Kier alpha value is -0.560. The summed E-state index contributed by atoms with van der Waals surface area (Å²) in [6.07, 6.45) is 4.71. The van der Waals surface area contributed by atoms with E-state index < -0.39 is 0 Å². The molecule has 0 aromatic heterocycles. The molecule has 0 bridgehead atoms. The third kappa shape index (κ3) is 2.59. The predicted octanol–water partition coefficient (Wildman–Crippen LogP) is 1.34. The summed E-state index contributed by atoms with van der Waals surface area (Å²) < 4.78 is 0. The highest BCUT2D eigenvalue weighted by Crippen LogP contribution is 1.90. The molecule has 0 amide bonds. The maximum Gasteiger partial charge on any atom is 0.0279 e. The maximum atomic E-state index is 3.64. The van der Waals surface area contributed by atoms with Crippen LogP contribution in [0.5, 0.6) is 0 Å². The topological polar surface area (TPSA) is 12.0 Å². The van der Waals surface area contributed by atoms with Gasteiger partial charge in [-0.15, -0.1) is 13.2 Å². The molecule has 0 aliphatic rings. The molecule has 46 valence electrons. The van der Waals surface area contributed by atoms with E-state index in [0.29, 0.717) is 6.04 Å². The summed E-state index contributed by atoms with van der Waals surface area (Å²) in [7, 11) is 1.91. The van der Waals surface area contributed by atoms with Crippen molar-refractivity contribution in [3.05, 3.63) is 25.3 Å². The van der Waals surface area contributed by atoms with Crippen LogP contribution >= 0.6 is 0 Å². The minimum atomic E-state index is 0.396. The van der Waals surface area contributed by atoms with Gasteiger partial charge in [0.1, 0.15) is 0 Å². The zero-order valence-corrected chi connectivity index (χ0v) is 5.35. The molecule has 8 heavy (non-hydrogen) atoms. The zero-order valence-electron chi connectivity index (χ0n) is 5.35. The van der Waals surface area contributed by atoms with Crippen LogP contribution in [0.1, 0.15) is 6.42 Å². The Bertz CT molecular complexity index is 76.5. The molecule has 0 rings (SSSR count). The van der Waals surface area contributed by atoms with Crippen molar-refractivity contribution in [3.63, 3.8) is 0 Å². The van der Waals surface area contributed by atoms with Crippen molar-refractivity contribution < 1.29 is 0 Å². The normalized spacial score (nSPS) is 12.6. The lowest BCUT2D eigenvalue weighted by atomic mass is 10.2. The molecule has 1 heteroatoms. The monoisotopic (exact) mass is 111 g/mol. The van der Waals surface area contributed by atoms with E-state index >= 15 is 0 Å². The van der Waals surface area contributed by atoms with Gasteiger partial charge in [-0.05, 0) is 13.5 Å². The van der Waals surface area contributed by atoms with E-state index in [2.05, 4.69) is 18.5 Å². The molecule has 0 aromatic rings. The van der Waals surface area contributed by atoms with E-state index in [0.717, 1.165) is 6.42 Å². The van der Waals surface area contributed by atoms with Gasteiger partial charge < -0.3 is 5.32 Å². The fourth-order valence-electron chi connectivity index (χ4n) is 0.511. The van der Waals surface area contributed by atoms with Crippen molar-refractivity contribution >= 4 is 0 Å². The standard InChI is InChI=1S/C7H13N/c1-4-6-7(5-2)8-3/h4-5,7-8H,1-2,6H2,3H3. The Morgan fingerprint density at radius 2 is 2.25 bits per heavy atom. The molecule has 1 N–H and O–H groups in total. The smallest absolute Gasteiger partial charge is 0.0279 e. The lowest BCUT2D eigenvalue weighted by Gasteiger charge is -2.05. The van der Waals surface area contributed by atoms with Crippen LogP contribution in [0, 0.1) is 0 Å². The molecule has 1 unspecified atom stereocenters. The summed E-state index contributed by atoms with van der Waals surface area (Å²) in [5, 5.41) is 3.06. The van der Waals surface area contributed by atoms with Crippen molar-refractivity contribution in [3.8, 4) is 0 Å². The Morgan fingerprint density at radius 3 is 2.38 bits per heavy atom. The average Bonchev–Trinajstić information content (AvgIpc) is 1.83. The summed E-state index contributed by atoms with van der Waals surface area (Å²) in [6.45, 7) is 7.25. The van der Waals surface area contributed by atoms with Crippen molar-refractivity contribution in [2.45, 2.75) is 12.5 Å². The van der Waals surface area contributed by atoms with Gasteiger partial charge in [0.2, 0.25) is 0 Å². The van der Waals surface area contributed by atoms with Crippen LogP contribution in [-0.2, 0) is 0 Å². The number of likely N-dealkylation sites (N-methyl/N-ethyl adjacent to an activating group) is 1. The van der Waals surface area contributed by atoms with Crippen LogP contribution in [0.15, 0.2) is 25.3 Å². The number of hydrogen-bond acceptors (Lipinski definition) is 1. The SMILES string of the molecule is C=CCC(C=C)NC. The van der Waals surface area contributed by atoms with Crippen LogP contribution in [-0.4, -0.2) is 13.1 Å². The molecule has 0 heterocycles. The second-order valence-electron chi connectivity index (χ2n) is 1.66. The molecule has 1 atom stereocenters. The molecule has 0 aromatic carbocycles. The van der Waals surface area contributed by atoms with Gasteiger partial charge in [0.05, 0.1) is 0 Å². The average molecular weight is 111 g/mol. The van der Waals surface area contributed by atoms with Gasteiger partial charge >= 0.3 is 0 Å². The van der Waals surface area contributed by atoms with Gasteiger partial charge in [0.15, 0.2) is 0 Å². The molecule has 0 aliphatic carbocycles. The van der Waals surface area contributed by atoms with Crippen LogP contribution in [0.3, 0.4) is 0 Å². The lowest BCUT2D eigenvalue weighted by Crippen LogP contribution is -2.20. The Balaban J connectivity index is 3.35. The van der Waals surface area contributed by atoms with E-state index in [1.807, 2.05) is 19.2 Å². The van der Waals surface area contributed by atoms with E-state index in [4.69, 9.17) is 0 Å². The molecule has 0 aliphatic heterocycles. The maximum absolute atomic E-state index is 3.64. The number of hydrogen-bond donors (Lipinski definition) is 1. The minimum absolute atomic E-state index is 0.396. The zero-order chi connectivity index (χ0) is 6.41. The minimum Gasteiger partial charge on any atom is -0.313 e. The molecular formula is C7H13N. The quantitative estimate of drug-likeness (QED) is 0.540. The van der Waals surface area contributed by atoms with Gasteiger partial charge in [-0.3, -0.25) is 0 Å². The van der Waals surface area contributed by atoms with Gasteiger partial charge in [-0.25, -0.2) is 0 Å². The van der Waals surface area contributed by atoms with E-state index in [9.17, 15) is 0 Å². The van der Waals surface area contributed by atoms with Crippen molar-refractivity contribution in [2.75, 3.05) is 7.05 Å². The first-order valence-electron chi connectivity index (χ1n) is 2.76. The van der Waals surface area contributed by atoms with Crippen molar-refractivity contribution in [2.24, 2.45) is 0 Å². The summed E-state index contributed by atoms with van der Waals surface area (Å²) in [6, 6.07) is 0.396. The van der Waals surface area contributed by atoms with E-state index in [-0.39, 0.29) is 0 Å². The first-order valence-corrected chi connectivity index (χ1v) is 2.76. The van der Waals surface area contributed by atoms with Crippen molar-refractivity contribution in [1.29, 1.82) is 0 Å². The molecule has 0 spiro atoms. The van der Waals surface area contributed by atoms with Gasteiger partial charge in [0, 0.05) is 6.04 Å². The molecule has 1 nitrogen and oxygen atoms in total. The first-order chi connectivity index (χ1) is 3.85. The van der Waals surface area contributed by atoms with Crippen LogP contribution in [0.2, 0.25) is 0 Å². The van der Waals surface area contributed by atoms with Gasteiger partial charge in [0.25, 0.3) is 0 Å². The highest BCUT2D eigenvalue weighted by Gasteiger charge is 1.92.